The third kappa shape index (κ3) is 3.33. The molecule has 2 rings (SSSR count). The molecule has 1 aromatic carbocycles. The molecule has 0 unspecified atom stereocenters. The molecule has 0 saturated carbocycles. The van der Waals surface area contributed by atoms with Gasteiger partial charge in [-0.2, -0.15) is 0 Å². The Balaban J connectivity index is 2.30. The van der Waals surface area contributed by atoms with Gasteiger partial charge in [-0.15, -0.1) is 0 Å². The number of nitrogens with one attached hydrogen (secondary N) is 1. The van der Waals surface area contributed by atoms with Gasteiger partial charge in [-0.05, 0) is 24.3 Å². The van der Waals surface area contributed by atoms with Gasteiger partial charge in [0.15, 0.2) is 0 Å². The minimum absolute atomic E-state index is 0.250. The molecule has 98 valence electrons. The molecule has 0 amide bonds. The number of nitrogens with two attached hydrogens (primary N) is 1. The number of anilines is 2. The first-order valence-corrected chi connectivity index (χ1v) is 6.25. The minimum atomic E-state index is 0.250. The molecule has 0 saturated heterocycles. The summed E-state index contributed by atoms with van der Waals surface area (Å²) in [6.07, 6.45) is 1.63. The van der Waals surface area contributed by atoms with Crippen LogP contribution in [0.15, 0.2) is 36.5 Å². The number of methoxy groups -OCH3 is 1. The number of ether oxygens (including phenoxy) is 1. The number of benzene rings is 1. The number of halogens is 1. The van der Waals surface area contributed by atoms with E-state index in [4.69, 9.17) is 34.3 Å². The first-order chi connectivity index (χ1) is 9.10. The van der Waals surface area contributed by atoms with Crippen LogP contribution in [0.3, 0.4) is 0 Å². The standard InChI is InChI=1S/C13H12ClN3OS/c1-18-9-2-3-10(14)11(7-9)17-8-4-5-16-12(6-8)13(15)19/h2-7H,1H3,(H2,15,19)(H,16,17). The highest BCUT2D eigenvalue weighted by molar-refractivity contribution is 7.80. The van der Waals surface area contributed by atoms with Crippen LogP contribution < -0.4 is 15.8 Å². The molecule has 0 radical (unpaired) electrons. The Morgan fingerprint density at radius 2 is 2.16 bits per heavy atom. The molecule has 0 fully saturated rings. The van der Waals surface area contributed by atoms with Crippen LogP contribution in [0, 0.1) is 0 Å². The summed E-state index contributed by atoms with van der Waals surface area (Å²) in [5, 5.41) is 3.77. The van der Waals surface area contributed by atoms with Crippen molar-refractivity contribution in [1.29, 1.82) is 0 Å². The van der Waals surface area contributed by atoms with E-state index in [2.05, 4.69) is 10.3 Å². The Morgan fingerprint density at radius 3 is 2.84 bits per heavy atom. The van der Waals surface area contributed by atoms with E-state index in [9.17, 15) is 0 Å². The van der Waals surface area contributed by atoms with Gasteiger partial charge in [0.2, 0.25) is 0 Å². The van der Waals surface area contributed by atoms with E-state index in [1.165, 1.54) is 0 Å². The summed E-state index contributed by atoms with van der Waals surface area (Å²) < 4.78 is 5.16. The minimum Gasteiger partial charge on any atom is -0.497 e. The van der Waals surface area contributed by atoms with Crippen LogP contribution in [0.25, 0.3) is 0 Å². The van der Waals surface area contributed by atoms with Crippen LogP contribution in [0.1, 0.15) is 5.69 Å². The number of hydrogen-bond donors (Lipinski definition) is 2. The lowest BCUT2D eigenvalue weighted by molar-refractivity contribution is 0.415. The maximum absolute atomic E-state index is 6.12. The zero-order chi connectivity index (χ0) is 13.8. The van der Waals surface area contributed by atoms with Gasteiger partial charge in [0.25, 0.3) is 0 Å². The fourth-order valence-electron chi connectivity index (χ4n) is 1.53. The summed E-state index contributed by atoms with van der Waals surface area (Å²) in [5.74, 6) is 0.718. The fourth-order valence-corrected chi connectivity index (χ4v) is 1.80. The van der Waals surface area contributed by atoms with Crippen LogP contribution in [0.2, 0.25) is 5.02 Å². The molecule has 0 bridgehead atoms. The number of aromatic nitrogens is 1. The van der Waals surface area contributed by atoms with Crippen LogP contribution >= 0.6 is 23.8 Å². The van der Waals surface area contributed by atoms with E-state index in [0.717, 1.165) is 17.1 Å². The van der Waals surface area contributed by atoms with Crippen LogP contribution in [-0.2, 0) is 0 Å². The highest BCUT2D eigenvalue weighted by atomic mass is 35.5. The molecular weight excluding hydrogens is 282 g/mol. The van der Waals surface area contributed by atoms with E-state index >= 15 is 0 Å². The van der Waals surface area contributed by atoms with Crippen molar-refractivity contribution in [3.63, 3.8) is 0 Å². The Morgan fingerprint density at radius 1 is 1.37 bits per heavy atom. The average Bonchev–Trinajstić information content (AvgIpc) is 2.41. The Hall–Kier alpha value is -1.85. The third-order valence-electron chi connectivity index (χ3n) is 2.46. The van der Waals surface area contributed by atoms with Crippen molar-refractivity contribution in [3.8, 4) is 5.75 Å². The first-order valence-electron chi connectivity index (χ1n) is 5.46. The largest absolute Gasteiger partial charge is 0.497 e. The van der Waals surface area contributed by atoms with E-state index < -0.39 is 0 Å². The Labute approximate surface area is 121 Å². The summed E-state index contributed by atoms with van der Waals surface area (Å²) >= 11 is 11.0. The molecule has 19 heavy (non-hydrogen) atoms. The number of thiocarbonyl (C=S) groups is 1. The van der Waals surface area contributed by atoms with Crippen molar-refractivity contribution < 1.29 is 4.74 Å². The predicted octanol–water partition coefficient (Wildman–Crippen LogP) is 3.12. The Kier molecular flexibility index (Phi) is 4.19. The zero-order valence-corrected chi connectivity index (χ0v) is 11.8. The smallest absolute Gasteiger partial charge is 0.122 e. The topological polar surface area (TPSA) is 60.2 Å². The van der Waals surface area contributed by atoms with Crippen molar-refractivity contribution in [2.75, 3.05) is 12.4 Å². The number of pyridine rings is 1. The molecule has 4 nitrogen and oxygen atoms in total. The molecule has 0 aliphatic heterocycles. The molecule has 0 aliphatic carbocycles. The van der Waals surface area contributed by atoms with Gasteiger partial charge in [0.05, 0.1) is 23.5 Å². The molecule has 0 atom stereocenters. The van der Waals surface area contributed by atoms with Crippen molar-refractivity contribution >= 4 is 40.2 Å². The fraction of sp³-hybridized carbons (Fsp3) is 0.0769. The summed E-state index contributed by atoms with van der Waals surface area (Å²) in [5.41, 5.74) is 7.64. The SMILES string of the molecule is COc1ccc(Cl)c(Nc2ccnc(C(N)=S)c2)c1. The van der Waals surface area contributed by atoms with E-state index in [1.807, 2.05) is 6.07 Å². The van der Waals surface area contributed by atoms with Gasteiger partial charge in [-0.3, -0.25) is 4.98 Å². The van der Waals surface area contributed by atoms with Crippen LogP contribution in [0.4, 0.5) is 11.4 Å². The van der Waals surface area contributed by atoms with Gasteiger partial charge in [-0.1, -0.05) is 23.8 Å². The predicted molar refractivity (Wildman–Crippen MR) is 81.4 cm³/mol. The quantitative estimate of drug-likeness (QED) is 0.848. The molecule has 1 heterocycles. The lowest BCUT2D eigenvalue weighted by Gasteiger charge is -2.10. The lowest BCUT2D eigenvalue weighted by atomic mass is 10.2. The van der Waals surface area contributed by atoms with Gasteiger partial charge < -0.3 is 15.8 Å². The second kappa shape index (κ2) is 5.86. The number of hydrogen-bond acceptors (Lipinski definition) is 4. The van der Waals surface area contributed by atoms with Gasteiger partial charge in [-0.25, -0.2) is 0 Å². The zero-order valence-electron chi connectivity index (χ0n) is 10.2. The summed E-state index contributed by atoms with van der Waals surface area (Å²) in [6.45, 7) is 0. The normalized spacial score (nSPS) is 10.0. The van der Waals surface area contributed by atoms with Crippen LogP contribution in [-0.4, -0.2) is 17.1 Å². The monoisotopic (exact) mass is 293 g/mol. The second-order valence-corrected chi connectivity index (χ2v) is 4.61. The molecule has 1 aromatic heterocycles. The summed E-state index contributed by atoms with van der Waals surface area (Å²) in [6, 6.07) is 8.93. The number of rotatable bonds is 4. The van der Waals surface area contributed by atoms with Gasteiger partial charge >= 0.3 is 0 Å². The Bertz CT molecular complexity index is 619. The lowest BCUT2D eigenvalue weighted by Crippen LogP contribution is -2.11. The molecule has 3 N–H and O–H groups in total. The second-order valence-electron chi connectivity index (χ2n) is 3.76. The van der Waals surface area contributed by atoms with E-state index in [1.54, 1.807) is 37.6 Å². The molecule has 2 aromatic rings. The van der Waals surface area contributed by atoms with E-state index in [-0.39, 0.29) is 4.99 Å². The highest BCUT2D eigenvalue weighted by Crippen LogP contribution is 2.29. The first kappa shape index (κ1) is 13.6. The third-order valence-corrected chi connectivity index (χ3v) is 3.00. The molecule has 0 spiro atoms. The van der Waals surface area contributed by atoms with Crippen LogP contribution in [0.5, 0.6) is 5.75 Å². The molecule has 6 heteroatoms. The summed E-state index contributed by atoms with van der Waals surface area (Å²) in [7, 11) is 1.60. The summed E-state index contributed by atoms with van der Waals surface area (Å²) in [4.78, 5) is 4.32. The van der Waals surface area contributed by atoms with Crippen molar-refractivity contribution in [2.24, 2.45) is 5.73 Å². The maximum atomic E-state index is 6.12. The van der Waals surface area contributed by atoms with Crippen molar-refractivity contribution in [1.82, 2.24) is 4.98 Å². The van der Waals surface area contributed by atoms with Gasteiger partial charge in [0, 0.05) is 18.0 Å². The maximum Gasteiger partial charge on any atom is 0.122 e. The van der Waals surface area contributed by atoms with Crippen molar-refractivity contribution in [2.45, 2.75) is 0 Å². The molecular formula is C13H12ClN3OS. The number of nitrogens with zero attached hydrogens (tertiary/aromatic N) is 1. The van der Waals surface area contributed by atoms with Gasteiger partial charge in [0.1, 0.15) is 10.7 Å². The van der Waals surface area contributed by atoms with Crippen molar-refractivity contribution in [3.05, 3.63) is 47.2 Å². The highest BCUT2D eigenvalue weighted by Gasteiger charge is 2.05. The molecule has 0 aliphatic rings. The van der Waals surface area contributed by atoms with E-state index in [0.29, 0.717) is 10.7 Å². The average molecular weight is 294 g/mol.